The summed E-state index contributed by atoms with van der Waals surface area (Å²) < 4.78 is 2.13. The molecule has 1 aromatic heterocycles. The van der Waals surface area contributed by atoms with Crippen molar-refractivity contribution in [1.29, 1.82) is 0 Å². The van der Waals surface area contributed by atoms with Gasteiger partial charge in [0.25, 0.3) is 0 Å². The molecule has 21 heavy (non-hydrogen) atoms. The van der Waals surface area contributed by atoms with Crippen molar-refractivity contribution < 1.29 is 4.79 Å². The third kappa shape index (κ3) is 3.48. The van der Waals surface area contributed by atoms with E-state index in [0.717, 1.165) is 28.9 Å². The van der Waals surface area contributed by atoms with Crippen LogP contribution in [0.5, 0.6) is 0 Å². The molecule has 0 saturated carbocycles. The van der Waals surface area contributed by atoms with Gasteiger partial charge in [-0.25, -0.2) is 0 Å². The SMILES string of the molecule is C=C/C=C\C=C/Cc1c(C=O)cc(C)n1-c1ccccc1. The van der Waals surface area contributed by atoms with Crippen LogP contribution in [0.25, 0.3) is 5.69 Å². The number of carbonyl (C=O) groups excluding carboxylic acids is 1. The lowest BCUT2D eigenvalue weighted by Crippen LogP contribution is -2.02. The first-order valence-corrected chi connectivity index (χ1v) is 6.94. The summed E-state index contributed by atoms with van der Waals surface area (Å²) >= 11 is 0. The Kier molecular flexibility index (Phi) is 5.10. The summed E-state index contributed by atoms with van der Waals surface area (Å²) in [6, 6.07) is 12.0. The van der Waals surface area contributed by atoms with E-state index in [1.54, 1.807) is 6.08 Å². The highest BCUT2D eigenvalue weighted by molar-refractivity contribution is 5.78. The number of para-hydroxylation sites is 1. The summed E-state index contributed by atoms with van der Waals surface area (Å²) in [5.41, 5.74) is 3.90. The predicted octanol–water partition coefficient (Wildman–Crippen LogP) is 4.44. The molecule has 1 aromatic carbocycles. The van der Waals surface area contributed by atoms with Crippen LogP contribution in [0.3, 0.4) is 0 Å². The van der Waals surface area contributed by atoms with Crippen LogP contribution in [0.1, 0.15) is 21.7 Å². The van der Waals surface area contributed by atoms with Crippen molar-refractivity contribution in [3.8, 4) is 5.69 Å². The zero-order chi connectivity index (χ0) is 15.1. The Hall–Kier alpha value is -2.61. The molecule has 0 N–H and O–H groups in total. The molecule has 0 bridgehead atoms. The Morgan fingerprint density at radius 3 is 2.57 bits per heavy atom. The van der Waals surface area contributed by atoms with Gasteiger partial charge in [-0.1, -0.05) is 55.2 Å². The number of nitrogens with zero attached hydrogens (tertiary/aromatic N) is 1. The van der Waals surface area contributed by atoms with Gasteiger partial charge in [0.2, 0.25) is 0 Å². The highest BCUT2D eigenvalue weighted by Crippen LogP contribution is 2.21. The topological polar surface area (TPSA) is 22.0 Å². The summed E-state index contributed by atoms with van der Waals surface area (Å²) in [7, 11) is 0. The molecule has 0 spiro atoms. The fraction of sp³-hybridized carbons (Fsp3) is 0.105. The Balaban J connectivity index is 2.39. The first-order valence-electron chi connectivity index (χ1n) is 6.94. The van der Waals surface area contributed by atoms with Crippen molar-refractivity contribution in [2.75, 3.05) is 0 Å². The van der Waals surface area contributed by atoms with E-state index < -0.39 is 0 Å². The molecule has 0 aliphatic rings. The Bertz CT molecular complexity index is 675. The molecule has 2 rings (SSSR count). The second-order valence-corrected chi connectivity index (χ2v) is 4.73. The quantitative estimate of drug-likeness (QED) is 0.565. The Morgan fingerprint density at radius 2 is 1.90 bits per heavy atom. The highest BCUT2D eigenvalue weighted by Gasteiger charge is 2.12. The van der Waals surface area contributed by atoms with E-state index >= 15 is 0 Å². The molecule has 0 unspecified atom stereocenters. The number of carbonyl (C=O) groups is 1. The minimum atomic E-state index is 0.707. The van der Waals surface area contributed by atoms with Gasteiger partial charge in [0.1, 0.15) is 0 Å². The van der Waals surface area contributed by atoms with Gasteiger partial charge >= 0.3 is 0 Å². The molecule has 2 aromatic rings. The fourth-order valence-corrected chi connectivity index (χ4v) is 2.36. The van der Waals surface area contributed by atoms with Crippen LogP contribution >= 0.6 is 0 Å². The number of aryl methyl sites for hydroxylation is 1. The van der Waals surface area contributed by atoms with Crippen LogP contribution < -0.4 is 0 Å². The number of aromatic nitrogens is 1. The average molecular weight is 277 g/mol. The Labute approximate surface area is 125 Å². The normalized spacial score (nSPS) is 11.3. The summed E-state index contributed by atoms with van der Waals surface area (Å²) in [6.45, 7) is 5.65. The lowest BCUT2D eigenvalue weighted by Gasteiger charge is -2.11. The molecular formula is C19H19NO. The van der Waals surface area contributed by atoms with Crippen molar-refractivity contribution >= 4 is 6.29 Å². The van der Waals surface area contributed by atoms with E-state index in [1.165, 1.54) is 0 Å². The first-order chi connectivity index (χ1) is 10.3. The number of allylic oxidation sites excluding steroid dienone is 5. The van der Waals surface area contributed by atoms with E-state index in [0.29, 0.717) is 6.42 Å². The lowest BCUT2D eigenvalue weighted by atomic mass is 10.2. The molecule has 0 fully saturated rings. The maximum atomic E-state index is 11.3. The van der Waals surface area contributed by atoms with Gasteiger partial charge in [0.15, 0.2) is 6.29 Å². The zero-order valence-electron chi connectivity index (χ0n) is 12.2. The number of hydrogen-bond donors (Lipinski definition) is 0. The number of rotatable bonds is 6. The standard InChI is InChI=1S/C19H19NO/c1-3-4-5-6-10-13-19-17(15-21)14-16(2)20(19)18-11-8-7-9-12-18/h3-12,14-15H,1,13H2,2H3/b5-4-,10-6-. The molecule has 0 atom stereocenters. The van der Waals surface area contributed by atoms with Gasteiger partial charge in [-0.05, 0) is 25.1 Å². The Morgan fingerprint density at radius 1 is 1.14 bits per heavy atom. The van der Waals surface area contributed by atoms with Crippen LogP contribution in [0, 0.1) is 6.92 Å². The second kappa shape index (κ2) is 7.25. The van der Waals surface area contributed by atoms with Gasteiger partial charge < -0.3 is 4.57 Å². The third-order valence-corrected chi connectivity index (χ3v) is 3.27. The monoisotopic (exact) mass is 277 g/mol. The summed E-state index contributed by atoms with van der Waals surface area (Å²) in [6.07, 6.45) is 11.2. The molecule has 1 heterocycles. The molecule has 0 radical (unpaired) electrons. The van der Waals surface area contributed by atoms with E-state index in [2.05, 4.69) is 11.1 Å². The van der Waals surface area contributed by atoms with E-state index in [9.17, 15) is 4.79 Å². The molecule has 0 amide bonds. The number of aldehydes is 1. The van der Waals surface area contributed by atoms with Crippen molar-refractivity contribution in [2.24, 2.45) is 0 Å². The van der Waals surface area contributed by atoms with E-state index in [4.69, 9.17) is 0 Å². The van der Waals surface area contributed by atoms with Gasteiger partial charge in [0.05, 0.1) is 0 Å². The summed E-state index contributed by atoms with van der Waals surface area (Å²) in [4.78, 5) is 11.3. The average Bonchev–Trinajstić information content (AvgIpc) is 2.84. The summed E-state index contributed by atoms with van der Waals surface area (Å²) in [5, 5.41) is 0. The molecule has 0 saturated heterocycles. The number of hydrogen-bond acceptors (Lipinski definition) is 1. The van der Waals surface area contributed by atoms with Crippen molar-refractivity contribution in [3.63, 3.8) is 0 Å². The van der Waals surface area contributed by atoms with E-state index in [-0.39, 0.29) is 0 Å². The highest BCUT2D eigenvalue weighted by atomic mass is 16.1. The van der Waals surface area contributed by atoms with Crippen LogP contribution in [-0.2, 0) is 6.42 Å². The second-order valence-electron chi connectivity index (χ2n) is 4.73. The summed E-state index contributed by atoms with van der Waals surface area (Å²) in [5.74, 6) is 0. The predicted molar refractivity (Wildman–Crippen MR) is 88.1 cm³/mol. The molecular weight excluding hydrogens is 258 g/mol. The molecule has 2 heteroatoms. The minimum absolute atomic E-state index is 0.707. The van der Waals surface area contributed by atoms with Crippen LogP contribution in [0.2, 0.25) is 0 Å². The van der Waals surface area contributed by atoms with Crippen LogP contribution in [0.15, 0.2) is 73.4 Å². The molecule has 0 aliphatic heterocycles. The molecule has 2 nitrogen and oxygen atoms in total. The van der Waals surface area contributed by atoms with Crippen molar-refractivity contribution in [3.05, 3.63) is 90.3 Å². The maximum absolute atomic E-state index is 11.3. The smallest absolute Gasteiger partial charge is 0.151 e. The fourth-order valence-electron chi connectivity index (χ4n) is 2.36. The van der Waals surface area contributed by atoms with Crippen molar-refractivity contribution in [2.45, 2.75) is 13.3 Å². The lowest BCUT2D eigenvalue weighted by molar-refractivity contribution is 0.112. The van der Waals surface area contributed by atoms with Crippen LogP contribution in [-0.4, -0.2) is 10.9 Å². The number of benzene rings is 1. The van der Waals surface area contributed by atoms with Gasteiger partial charge in [-0.2, -0.15) is 0 Å². The van der Waals surface area contributed by atoms with E-state index in [1.807, 2.05) is 67.6 Å². The van der Waals surface area contributed by atoms with Crippen LogP contribution in [0.4, 0.5) is 0 Å². The molecule has 0 aliphatic carbocycles. The van der Waals surface area contributed by atoms with Gasteiger partial charge in [-0.3, -0.25) is 4.79 Å². The minimum Gasteiger partial charge on any atom is -0.317 e. The van der Waals surface area contributed by atoms with Gasteiger partial charge in [-0.15, -0.1) is 0 Å². The third-order valence-electron chi connectivity index (χ3n) is 3.27. The molecule has 106 valence electrons. The first kappa shape index (κ1) is 14.8. The van der Waals surface area contributed by atoms with Gasteiger partial charge in [0, 0.05) is 29.1 Å². The maximum Gasteiger partial charge on any atom is 0.151 e. The van der Waals surface area contributed by atoms with Crippen molar-refractivity contribution in [1.82, 2.24) is 4.57 Å². The zero-order valence-corrected chi connectivity index (χ0v) is 12.2. The largest absolute Gasteiger partial charge is 0.317 e.